The molecule has 0 aliphatic carbocycles. The molecule has 1 N–H and O–H groups in total. The van der Waals surface area contributed by atoms with Crippen molar-refractivity contribution >= 4 is 5.91 Å². The van der Waals surface area contributed by atoms with Crippen molar-refractivity contribution in [1.29, 1.82) is 0 Å². The van der Waals surface area contributed by atoms with Gasteiger partial charge in [0.1, 0.15) is 5.75 Å². The van der Waals surface area contributed by atoms with Gasteiger partial charge in [-0.05, 0) is 31.5 Å². The number of benzene rings is 1. The summed E-state index contributed by atoms with van der Waals surface area (Å²) in [6.45, 7) is 10.0. The molecular formula is C19H29N3O3. The van der Waals surface area contributed by atoms with Gasteiger partial charge in [0.15, 0.2) is 0 Å². The fraction of sp³-hybridized carbons (Fsp3) is 0.632. The highest BCUT2D eigenvalue weighted by atomic mass is 16.5. The molecule has 2 aliphatic rings. The largest absolute Gasteiger partial charge is 0.491 e. The Kier molecular flexibility index (Phi) is 6.29. The van der Waals surface area contributed by atoms with Gasteiger partial charge in [-0.25, -0.2) is 0 Å². The SMILES string of the molecule is CC(C)Oc1ccc([C@H]2CNCCN2C(=O)CN2CCOCC2)cc1. The predicted molar refractivity (Wildman–Crippen MR) is 96.8 cm³/mol. The number of morpholine rings is 1. The molecule has 6 heteroatoms. The molecule has 2 aliphatic heterocycles. The second kappa shape index (κ2) is 8.65. The quantitative estimate of drug-likeness (QED) is 0.870. The summed E-state index contributed by atoms with van der Waals surface area (Å²) in [6.07, 6.45) is 0.161. The molecule has 0 unspecified atom stereocenters. The van der Waals surface area contributed by atoms with Crippen LogP contribution in [-0.2, 0) is 9.53 Å². The zero-order valence-electron chi connectivity index (χ0n) is 15.2. The fourth-order valence-corrected chi connectivity index (χ4v) is 3.38. The average Bonchev–Trinajstić information content (AvgIpc) is 2.63. The lowest BCUT2D eigenvalue weighted by Crippen LogP contribution is -2.52. The van der Waals surface area contributed by atoms with Gasteiger partial charge in [-0.3, -0.25) is 9.69 Å². The van der Waals surface area contributed by atoms with E-state index in [2.05, 4.69) is 22.3 Å². The van der Waals surface area contributed by atoms with Gasteiger partial charge in [-0.1, -0.05) is 12.1 Å². The number of nitrogens with zero attached hydrogens (tertiary/aromatic N) is 2. The van der Waals surface area contributed by atoms with E-state index >= 15 is 0 Å². The molecule has 25 heavy (non-hydrogen) atoms. The molecule has 1 amide bonds. The fourth-order valence-electron chi connectivity index (χ4n) is 3.38. The third-order valence-corrected chi connectivity index (χ3v) is 4.66. The average molecular weight is 347 g/mol. The molecule has 0 spiro atoms. The molecule has 138 valence electrons. The van der Waals surface area contributed by atoms with Gasteiger partial charge in [-0.15, -0.1) is 0 Å². The van der Waals surface area contributed by atoms with Crippen molar-refractivity contribution in [2.24, 2.45) is 0 Å². The third-order valence-electron chi connectivity index (χ3n) is 4.66. The highest BCUT2D eigenvalue weighted by molar-refractivity contribution is 5.79. The second-order valence-electron chi connectivity index (χ2n) is 6.93. The van der Waals surface area contributed by atoms with Crippen molar-refractivity contribution in [3.63, 3.8) is 0 Å². The number of carbonyl (C=O) groups is 1. The van der Waals surface area contributed by atoms with Crippen LogP contribution in [0.3, 0.4) is 0 Å². The number of rotatable bonds is 5. The van der Waals surface area contributed by atoms with Crippen molar-refractivity contribution in [3.8, 4) is 5.75 Å². The summed E-state index contributed by atoms with van der Waals surface area (Å²) in [5.41, 5.74) is 1.15. The zero-order chi connectivity index (χ0) is 17.6. The summed E-state index contributed by atoms with van der Waals surface area (Å²) in [7, 11) is 0. The van der Waals surface area contributed by atoms with E-state index in [9.17, 15) is 4.79 Å². The van der Waals surface area contributed by atoms with E-state index in [1.54, 1.807) is 0 Å². The van der Waals surface area contributed by atoms with Crippen LogP contribution in [-0.4, -0.2) is 74.3 Å². The molecule has 6 nitrogen and oxygen atoms in total. The first kappa shape index (κ1) is 18.2. The number of hydrogen-bond acceptors (Lipinski definition) is 5. The number of hydrogen-bond donors (Lipinski definition) is 1. The van der Waals surface area contributed by atoms with Crippen LogP contribution in [0.15, 0.2) is 24.3 Å². The number of amides is 1. The van der Waals surface area contributed by atoms with Gasteiger partial charge >= 0.3 is 0 Å². The Morgan fingerprint density at radius 1 is 1.24 bits per heavy atom. The first-order valence-corrected chi connectivity index (χ1v) is 9.20. The number of carbonyl (C=O) groups excluding carboxylic acids is 1. The molecule has 0 bridgehead atoms. The van der Waals surface area contributed by atoms with Crippen LogP contribution in [0, 0.1) is 0 Å². The lowest BCUT2D eigenvalue weighted by molar-refractivity contribution is -0.136. The van der Waals surface area contributed by atoms with Crippen LogP contribution in [0.5, 0.6) is 5.75 Å². The van der Waals surface area contributed by atoms with E-state index in [-0.39, 0.29) is 18.1 Å². The normalized spacial score (nSPS) is 22.2. The topological polar surface area (TPSA) is 54.0 Å². The van der Waals surface area contributed by atoms with Gasteiger partial charge in [0.25, 0.3) is 0 Å². The molecule has 1 atom stereocenters. The Labute approximate surface area is 150 Å². The van der Waals surface area contributed by atoms with Crippen LogP contribution in [0.25, 0.3) is 0 Å². The standard InChI is InChI=1S/C19H29N3O3/c1-15(2)25-17-5-3-16(4-6-17)18-13-20-7-8-22(18)19(23)14-21-9-11-24-12-10-21/h3-6,15,18,20H,7-14H2,1-2H3/t18-/m1/s1. The maximum atomic E-state index is 12.9. The Bertz CT molecular complexity index is 556. The van der Waals surface area contributed by atoms with Crippen molar-refractivity contribution in [1.82, 2.24) is 15.1 Å². The molecule has 2 saturated heterocycles. The minimum absolute atomic E-state index is 0.0791. The summed E-state index contributed by atoms with van der Waals surface area (Å²) < 4.78 is 11.1. The molecule has 1 aromatic rings. The minimum Gasteiger partial charge on any atom is -0.491 e. The van der Waals surface area contributed by atoms with Crippen molar-refractivity contribution < 1.29 is 14.3 Å². The smallest absolute Gasteiger partial charge is 0.237 e. The van der Waals surface area contributed by atoms with Gasteiger partial charge in [0.05, 0.1) is 31.9 Å². The van der Waals surface area contributed by atoms with Crippen LogP contribution >= 0.6 is 0 Å². The zero-order valence-corrected chi connectivity index (χ0v) is 15.2. The Morgan fingerprint density at radius 3 is 2.64 bits per heavy atom. The van der Waals surface area contributed by atoms with Gasteiger partial charge in [0.2, 0.25) is 5.91 Å². The van der Waals surface area contributed by atoms with Gasteiger partial charge in [-0.2, -0.15) is 0 Å². The van der Waals surface area contributed by atoms with Crippen molar-refractivity contribution in [3.05, 3.63) is 29.8 Å². The Balaban J connectivity index is 1.66. The maximum absolute atomic E-state index is 12.9. The number of ether oxygens (including phenoxy) is 2. The van der Waals surface area contributed by atoms with Crippen LogP contribution in [0.4, 0.5) is 0 Å². The molecule has 0 aromatic heterocycles. The van der Waals surface area contributed by atoms with Gasteiger partial charge in [0, 0.05) is 32.7 Å². The Hall–Kier alpha value is -1.63. The highest BCUT2D eigenvalue weighted by Gasteiger charge is 2.29. The monoisotopic (exact) mass is 347 g/mol. The van der Waals surface area contributed by atoms with E-state index in [1.165, 1.54) is 0 Å². The molecule has 0 saturated carbocycles. The molecular weight excluding hydrogens is 318 g/mol. The van der Waals surface area contributed by atoms with E-state index in [1.807, 2.05) is 30.9 Å². The highest BCUT2D eigenvalue weighted by Crippen LogP contribution is 2.25. The number of piperazine rings is 1. The first-order valence-electron chi connectivity index (χ1n) is 9.20. The lowest BCUT2D eigenvalue weighted by Gasteiger charge is -2.38. The van der Waals surface area contributed by atoms with Crippen LogP contribution < -0.4 is 10.1 Å². The summed E-state index contributed by atoms with van der Waals surface area (Å²) in [6, 6.07) is 8.22. The summed E-state index contributed by atoms with van der Waals surface area (Å²) in [5, 5.41) is 3.41. The molecule has 2 fully saturated rings. The Morgan fingerprint density at radius 2 is 1.96 bits per heavy atom. The van der Waals surface area contributed by atoms with Gasteiger partial charge < -0.3 is 19.7 Å². The summed E-state index contributed by atoms with van der Waals surface area (Å²) in [4.78, 5) is 17.1. The van der Waals surface area contributed by atoms with Crippen molar-refractivity contribution in [2.45, 2.75) is 26.0 Å². The molecule has 0 radical (unpaired) electrons. The van der Waals surface area contributed by atoms with E-state index in [0.29, 0.717) is 6.54 Å². The number of nitrogens with one attached hydrogen (secondary N) is 1. The van der Waals surface area contributed by atoms with Crippen LogP contribution in [0.1, 0.15) is 25.5 Å². The summed E-state index contributed by atoms with van der Waals surface area (Å²) in [5.74, 6) is 1.07. The van der Waals surface area contributed by atoms with Crippen molar-refractivity contribution in [2.75, 3.05) is 52.5 Å². The van der Waals surface area contributed by atoms with E-state index in [0.717, 1.165) is 57.3 Å². The summed E-state index contributed by atoms with van der Waals surface area (Å²) >= 11 is 0. The maximum Gasteiger partial charge on any atom is 0.237 e. The van der Waals surface area contributed by atoms with Crippen LogP contribution in [0.2, 0.25) is 0 Å². The molecule has 3 rings (SSSR count). The lowest BCUT2D eigenvalue weighted by atomic mass is 10.0. The van der Waals surface area contributed by atoms with E-state index < -0.39 is 0 Å². The predicted octanol–water partition coefficient (Wildman–Crippen LogP) is 1.28. The third kappa shape index (κ3) is 4.93. The molecule has 1 aromatic carbocycles. The molecule has 2 heterocycles. The first-order chi connectivity index (χ1) is 12.1. The van der Waals surface area contributed by atoms with E-state index in [4.69, 9.17) is 9.47 Å². The second-order valence-corrected chi connectivity index (χ2v) is 6.93. The minimum atomic E-state index is 0.0791.